The van der Waals surface area contributed by atoms with Crippen molar-refractivity contribution in [3.63, 3.8) is 0 Å². The van der Waals surface area contributed by atoms with E-state index < -0.39 is 12.4 Å². The van der Waals surface area contributed by atoms with Gasteiger partial charge >= 0.3 is 0 Å². The van der Waals surface area contributed by atoms with E-state index in [4.69, 9.17) is 11.6 Å². The van der Waals surface area contributed by atoms with Crippen LogP contribution in [0, 0.1) is 5.82 Å². The quantitative estimate of drug-likeness (QED) is 0.265. The van der Waals surface area contributed by atoms with Gasteiger partial charge in [-0.1, -0.05) is 17.7 Å². The molecule has 3 N–H and O–H groups in total. The molecule has 0 aliphatic heterocycles. The Bertz CT molecular complexity index is 1260. The van der Waals surface area contributed by atoms with E-state index in [-0.39, 0.29) is 30.6 Å². The molecule has 0 bridgehead atoms. The summed E-state index contributed by atoms with van der Waals surface area (Å²) in [6, 6.07) is 9.40. The SMILES string of the molecule is O=C(NCCN(Cc1ccc(Cl)c(F)c1)C(F)F)c1sccc1Nc1ccnc2[nH]ccc12. The van der Waals surface area contributed by atoms with Crippen LogP contribution in [0.5, 0.6) is 0 Å². The number of hydrogen-bond donors (Lipinski definition) is 3. The van der Waals surface area contributed by atoms with Crippen LogP contribution in [0.25, 0.3) is 11.0 Å². The van der Waals surface area contributed by atoms with Crippen LogP contribution in [0.15, 0.2) is 54.2 Å². The number of hydrogen-bond acceptors (Lipinski definition) is 5. The third-order valence-corrected chi connectivity index (χ3v) is 6.15. The third-order valence-electron chi connectivity index (χ3n) is 4.93. The number of carbonyl (C=O) groups is 1. The molecule has 172 valence electrons. The summed E-state index contributed by atoms with van der Waals surface area (Å²) in [7, 11) is 0. The van der Waals surface area contributed by atoms with Gasteiger partial charge in [0.15, 0.2) is 0 Å². The lowest BCUT2D eigenvalue weighted by Gasteiger charge is -2.21. The number of thiophene rings is 1. The third kappa shape index (κ3) is 5.47. The summed E-state index contributed by atoms with van der Waals surface area (Å²) < 4.78 is 40.5. The van der Waals surface area contributed by atoms with Crippen molar-refractivity contribution < 1.29 is 18.0 Å². The van der Waals surface area contributed by atoms with Gasteiger partial charge in [0, 0.05) is 37.4 Å². The van der Waals surface area contributed by atoms with Crippen LogP contribution in [-0.4, -0.2) is 40.4 Å². The first-order valence-corrected chi connectivity index (χ1v) is 11.2. The molecule has 3 heterocycles. The van der Waals surface area contributed by atoms with Crippen LogP contribution in [0.4, 0.5) is 24.5 Å². The van der Waals surface area contributed by atoms with Crippen molar-refractivity contribution in [2.75, 3.05) is 18.4 Å². The number of H-pyrrole nitrogens is 1. The van der Waals surface area contributed by atoms with E-state index >= 15 is 0 Å². The highest BCUT2D eigenvalue weighted by molar-refractivity contribution is 7.12. The van der Waals surface area contributed by atoms with Crippen LogP contribution in [0.1, 0.15) is 15.2 Å². The molecule has 4 aromatic rings. The number of alkyl halides is 2. The van der Waals surface area contributed by atoms with Crippen molar-refractivity contribution >= 4 is 51.3 Å². The van der Waals surface area contributed by atoms with Gasteiger partial charge in [-0.05, 0) is 41.3 Å². The molecule has 0 saturated heterocycles. The summed E-state index contributed by atoms with van der Waals surface area (Å²) in [4.78, 5) is 21.2. The monoisotopic (exact) mass is 493 g/mol. The van der Waals surface area contributed by atoms with Crippen molar-refractivity contribution in [1.29, 1.82) is 0 Å². The summed E-state index contributed by atoms with van der Waals surface area (Å²) in [6.45, 7) is -3.07. The van der Waals surface area contributed by atoms with Crippen molar-refractivity contribution in [3.8, 4) is 0 Å². The largest absolute Gasteiger partial charge is 0.354 e. The number of nitrogens with zero attached hydrogens (tertiary/aromatic N) is 2. The molecule has 3 aromatic heterocycles. The maximum atomic E-state index is 13.6. The lowest BCUT2D eigenvalue weighted by molar-refractivity contribution is -0.0316. The number of halogens is 4. The highest BCUT2D eigenvalue weighted by Gasteiger charge is 2.19. The zero-order chi connectivity index (χ0) is 23.4. The Balaban J connectivity index is 1.37. The Morgan fingerprint density at radius 1 is 1.21 bits per heavy atom. The first kappa shape index (κ1) is 23.1. The number of nitrogens with one attached hydrogen (secondary N) is 3. The number of fused-ring (bicyclic) bond motifs is 1. The van der Waals surface area contributed by atoms with Crippen LogP contribution in [0.2, 0.25) is 5.02 Å². The number of amides is 1. The first-order chi connectivity index (χ1) is 15.9. The van der Waals surface area contributed by atoms with Gasteiger partial charge in [-0.3, -0.25) is 4.79 Å². The summed E-state index contributed by atoms with van der Waals surface area (Å²) in [5, 5.41) is 8.49. The molecular formula is C22H19ClF3N5OS. The minimum atomic E-state index is -2.77. The molecule has 0 fully saturated rings. The molecule has 0 saturated carbocycles. The minimum absolute atomic E-state index is 0.00605. The molecule has 0 radical (unpaired) electrons. The smallest absolute Gasteiger partial charge is 0.295 e. The Morgan fingerprint density at radius 2 is 2.06 bits per heavy atom. The zero-order valence-corrected chi connectivity index (χ0v) is 18.7. The summed E-state index contributed by atoms with van der Waals surface area (Å²) in [5.41, 5.74) is 2.47. The van der Waals surface area contributed by atoms with Gasteiger partial charge in [-0.15, -0.1) is 11.3 Å². The first-order valence-electron chi connectivity index (χ1n) is 9.93. The lowest BCUT2D eigenvalue weighted by atomic mass is 10.2. The Hall–Kier alpha value is -3.08. The Morgan fingerprint density at radius 3 is 2.85 bits per heavy atom. The summed E-state index contributed by atoms with van der Waals surface area (Å²) >= 11 is 6.88. The summed E-state index contributed by atoms with van der Waals surface area (Å²) in [5.74, 6) is -1.04. The molecule has 11 heteroatoms. The molecule has 0 aliphatic rings. The predicted molar refractivity (Wildman–Crippen MR) is 124 cm³/mol. The van der Waals surface area contributed by atoms with E-state index in [1.807, 2.05) is 6.07 Å². The molecule has 33 heavy (non-hydrogen) atoms. The molecule has 0 unspecified atom stereocenters. The number of pyridine rings is 1. The Kier molecular flexibility index (Phi) is 7.17. The minimum Gasteiger partial charge on any atom is -0.354 e. The fourth-order valence-corrected chi connectivity index (χ4v) is 4.19. The van der Waals surface area contributed by atoms with E-state index in [0.717, 1.165) is 22.0 Å². The lowest BCUT2D eigenvalue weighted by Crippen LogP contribution is -2.37. The molecule has 0 atom stereocenters. The molecule has 1 aromatic carbocycles. The number of anilines is 2. The molecular weight excluding hydrogens is 475 g/mol. The standard InChI is InChI=1S/C22H19ClF3N5OS/c23-15-2-1-13(11-16(15)24)12-31(22(25)26)9-8-29-21(32)19-18(5-10-33-19)30-17-4-7-28-20-14(17)3-6-27-20/h1-7,10-11,22H,8-9,12H2,(H,29,32)(H2,27,28,30). The number of carbonyl (C=O) groups excluding carboxylic acids is 1. The van der Waals surface area contributed by atoms with E-state index in [0.29, 0.717) is 21.8 Å². The summed E-state index contributed by atoms with van der Waals surface area (Å²) in [6.07, 6.45) is 3.43. The van der Waals surface area contributed by atoms with Gasteiger partial charge in [-0.25, -0.2) is 14.3 Å². The molecule has 0 spiro atoms. The van der Waals surface area contributed by atoms with Gasteiger partial charge in [-0.2, -0.15) is 8.78 Å². The zero-order valence-electron chi connectivity index (χ0n) is 17.1. The van der Waals surface area contributed by atoms with Gasteiger partial charge < -0.3 is 15.6 Å². The molecule has 4 rings (SSSR count). The highest BCUT2D eigenvalue weighted by atomic mass is 35.5. The molecule has 0 aliphatic carbocycles. The van der Waals surface area contributed by atoms with Crippen molar-refractivity contribution in [2.24, 2.45) is 0 Å². The average molecular weight is 494 g/mol. The predicted octanol–water partition coefficient (Wildman–Crippen LogP) is 5.62. The highest BCUT2D eigenvalue weighted by Crippen LogP contribution is 2.29. The van der Waals surface area contributed by atoms with Gasteiger partial charge in [0.2, 0.25) is 0 Å². The van der Waals surface area contributed by atoms with Crippen molar-refractivity contribution in [1.82, 2.24) is 20.2 Å². The van der Waals surface area contributed by atoms with E-state index in [2.05, 4.69) is 20.6 Å². The van der Waals surface area contributed by atoms with Crippen LogP contribution in [0.3, 0.4) is 0 Å². The van der Waals surface area contributed by atoms with Crippen LogP contribution < -0.4 is 10.6 Å². The number of benzene rings is 1. The maximum absolute atomic E-state index is 13.6. The fourth-order valence-electron chi connectivity index (χ4n) is 3.31. The Labute approximate surface area is 196 Å². The van der Waals surface area contributed by atoms with Crippen LogP contribution >= 0.6 is 22.9 Å². The van der Waals surface area contributed by atoms with Crippen molar-refractivity contribution in [2.45, 2.75) is 13.1 Å². The van der Waals surface area contributed by atoms with E-state index in [9.17, 15) is 18.0 Å². The number of rotatable bonds is 9. The van der Waals surface area contributed by atoms with Crippen molar-refractivity contribution in [3.05, 3.63) is 75.5 Å². The number of aromatic amines is 1. The molecule has 1 amide bonds. The van der Waals surface area contributed by atoms with Gasteiger partial charge in [0.1, 0.15) is 16.3 Å². The van der Waals surface area contributed by atoms with Gasteiger partial charge in [0.25, 0.3) is 12.5 Å². The fraction of sp³-hybridized carbons (Fsp3) is 0.182. The second-order valence-electron chi connectivity index (χ2n) is 7.14. The second kappa shape index (κ2) is 10.2. The average Bonchev–Trinajstić information content (AvgIpc) is 3.45. The normalized spacial score (nSPS) is 11.5. The molecule has 6 nitrogen and oxygen atoms in total. The maximum Gasteiger partial charge on any atom is 0.295 e. The topological polar surface area (TPSA) is 73.1 Å². The number of aromatic nitrogens is 2. The van der Waals surface area contributed by atoms with Gasteiger partial charge in [0.05, 0.1) is 16.4 Å². The van der Waals surface area contributed by atoms with Crippen LogP contribution in [-0.2, 0) is 6.54 Å². The second-order valence-corrected chi connectivity index (χ2v) is 8.46. The van der Waals surface area contributed by atoms with E-state index in [1.165, 1.54) is 23.5 Å². The van der Waals surface area contributed by atoms with E-state index in [1.54, 1.807) is 29.9 Å².